The highest BCUT2D eigenvalue weighted by Crippen LogP contribution is 2.38. The normalized spacial score (nSPS) is 21.8. The molecule has 0 spiro atoms. The SMILES string of the molecule is CC=C(C)C=NCC1CC1COc1cc(Br)c(=O)n(C)n1. The second kappa shape index (κ2) is 7.02. The number of halogens is 1. The van der Waals surface area contributed by atoms with Crippen molar-refractivity contribution in [1.82, 2.24) is 9.78 Å². The largest absolute Gasteiger partial charge is 0.476 e. The first-order valence-electron chi connectivity index (χ1n) is 7.00. The maximum absolute atomic E-state index is 11.5. The summed E-state index contributed by atoms with van der Waals surface area (Å²) < 4.78 is 7.40. The fourth-order valence-corrected chi connectivity index (χ4v) is 2.41. The van der Waals surface area contributed by atoms with Crippen molar-refractivity contribution in [2.24, 2.45) is 23.9 Å². The summed E-state index contributed by atoms with van der Waals surface area (Å²) in [7, 11) is 1.61. The molecule has 114 valence electrons. The third kappa shape index (κ3) is 4.52. The summed E-state index contributed by atoms with van der Waals surface area (Å²) in [5, 5.41) is 4.07. The fourth-order valence-electron chi connectivity index (χ4n) is 1.95. The Morgan fingerprint density at radius 3 is 3.05 bits per heavy atom. The molecule has 1 aliphatic carbocycles. The first-order valence-corrected chi connectivity index (χ1v) is 7.80. The number of aryl methyl sites for hydroxylation is 1. The number of ether oxygens (including phenoxy) is 1. The lowest BCUT2D eigenvalue weighted by Crippen LogP contribution is -2.20. The van der Waals surface area contributed by atoms with Crippen molar-refractivity contribution < 1.29 is 4.74 Å². The van der Waals surface area contributed by atoms with E-state index in [2.05, 4.69) is 26.0 Å². The van der Waals surface area contributed by atoms with E-state index < -0.39 is 0 Å². The maximum atomic E-state index is 11.5. The quantitative estimate of drug-likeness (QED) is 0.738. The van der Waals surface area contributed by atoms with Gasteiger partial charge in [0.25, 0.3) is 5.56 Å². The number of allylic oxidation sites excluding steroid dienone is 2. The van der Waals surface area contributed by atoms with Gasteiger partial charge in [-0.1, -0.05) is 6.08 Å². The molecule has 1 saturated carbocycles. The van der Waals surface area contributed by atoms with Gasteiger partial charge in [0.05, 0.1) is 11.1 Å². The molecule has 2 atom stereocenters. The third-order valence-electron chi connectivity index (χ3n) is 3.60. The standard InChI is InChI=1S/C15H20BrN3O2/c1-4-10(2)7-17-8-11-5-12(11)9-21-14-6-13(16)15(20)19(3)18-14/h4,6-7,11-12H,5,8-9H2,1-3H3. The van der Waals surface area contributed by atoms with E-state index in [9.17, 15) is 4.79 Å². The zero-order chi connectivity index (χ0) is 15.4. The Bertz CT molecular complexity index is 596. The molecule has 1 heterocycles. The molecule has 0 bridgehead atoms. The summed E-state index contributed by atoms with van der Waals surface area (Å²) in [6.45, 7) is 5.53. The molecule has 21 heavy (non-hydrogen) atoms. The third-order valence-corrected chi connectivity index (χ3v) is 4.17. The lowest BCUT2D eigenvalue weighted by Gasteiger charge is -2.06. The molecule has 6 heteroatoms. The second-order valence-corrected chi connectivity index (χ2v) is 6.21. The van der Waals surface area contributed by atoms with Crippen molar-refractivity contribution in [3.63, 3.8) is 0 Å². The van der Waals surface area contributed by atoms with Crippen LogP contribution in [0.5, 0.6) is 5.88 Å². The first-order chi connectivity index (χ1) is 10.0. The Labute approximate surface area is 132 Å². The van der Waals surface area contributed by atoms with E-state index in [1.807, 2.05) is 26.1 Å². The number of rotatable bonds is 6. The van der Waals surface area contributed by atoms with Gasteiger partial charge in [-0.05, 0) is 53.6 Å². The minimum Gasteiger partial charge on any atom is -0.476 e. The van der Waals surface area contributed by atoms with Crippen molar-refractivity contribution >= 4 is 22.1 Å². The van der Waals surface area contributed by atoms with Crippen LogP contribution in [-0.2, 0) is 7.05 Å². The van der Waals surface area contributed by atoms with Gasteiger partial charge in [0, 0.05) is 25.9 Å². The van der Waals surface area contributed by atoms with E-state index in [4.69, 9.17) is 4.74 Å². The first kappa shape index (κ1) is 15.9. The van der Waals surface area contributed by atoms with Gasteiger partial charge in [0.1, 0.15) is 0 Å². The monoisotopic (exact) mass is 353 g/mol. The Morgan fingerprint density at radius 1 is 1.62 bits per heavy atom. The predicted octanol–water partition coefficient (Wildman–Crippen LogP) is 2.59. The molecule has 1 fully saturated rings. The molecule has 1 aromatic heterocycles. The van der Waals surface area contributed by atoms with Crippen LogP contribution in [0.2, 0.25) is 0 Å². The van der Waals surface area contributed by atoms with Crippen LogP contribution in [0.1, 0.15) is 20.3 Å². The van der Waals surface area contributed by atoms with E-state index in [1.54, 1.807) is 13.1 Å². The molecule has 0 amide bonds. The molecule has 1 aliphatic rings. The minimum absolute atomic E-state index is 0.166. The van der Waals surface area contributed by atoms with Gasteiger partial charge >= 0.3 is 0 Å². The summed E-state index contributed by atoms with van der Waals surface area (Å²) in [5.74, 6) is 1.61. The molecule has 0 radical (unpaired) electrons. The number of nitrogens with zero attached hydrogens (tertiary/aromatic N) is 3. The summed E-state index contributed by atoms with van der Waals surface area (Å²) >= 11 is 3.21. The minimum atomic E-state index is -0.166. The highest BCUT2D eigenvalue weighted by Gasteiger charge is 2.37. The Kier molecular flexibility index (Phi) is 5.33. The van der Waals surface area contributed by atoms with Crippen LogP contribution < -0.4 is 10.3 Å². The summed E-state index contributed by atoms with van der Waals surface area (Å²) in [6, 6.07) is 1.62. The molecule has 2 rings (SSSR count). The topological polar surface area (TPSA) is 56.5 Å². The molecule has 0 N–H and O–H groups in total. The maximum Gasteiger partial charge on any atom is 0.281 e. The van der Waals surface area contributed by atoms with Crippen LogP contribution in [0.4, 0.5) is 0 Å². The molecule has 0 aromatic carbocycles. The molecule has 0 aliphatic heterocycles. The van der Waals surface area contributed by atoms with E-state index in [-0.39, 0.29) is 5.56 Å². The average Bonchev–Trinajstić information content (AvgIpc) is 3.20. The van der Waals surface area contributed by atoms with Crippen LogP contribution in [0.15, 0.2) is 32.0 Å². The summed E-state index contributed by atoms with van der Waals surface area (Å²) in [6.07, 6.45) is 5.10. The smallest absolute Gasteiger partial charge is 0.281 e. The highest BCUT2D eigenvalue weighted by molar-refractivity contribution is 9.10. The molecular formula is C15H20BrN3O2. The van der Waals surface area contributed by atoms with Crippen molar-refractivity contribution in [2.45, 2.75) is 20.3 Å². The Hall–Kier alpha value is -1.43. The van der Waals surface area contributed by atoms with Gasteiger partial charge in [-0.2, -0.15) is 0 Å². The second-order valence-electron chi connectivity index (χ2n) is 5.35. The Morgan fingerprint density at radius 2 is 2.38 bits per heavy atom. The lowest BCUT2D eigenvalue weighted by atomic mass is 10.3. The van der Waals surface area contributed by atoms with Gasteiger partial charge in [0.15, 0.2) is 0 Å². The van der Waals surface area contributed by atoms with Crippen LogP contribution >= 0.6 is 15.9 Å². The van der Waals surface area contributed by atoms with Crippen molar-refractivity contribution in [3.8, 4) is 5.88 Å². The number of hydrogen-bond donors (Lipinski definition) is 0. The van der Waals surface area contributed by atoms with Crippen LogP contribution in [0, 0.1) is 11.8 Å². The highest BCUT2D eigenvalue weighted by atomic mass is 79.9. The molecular weight excluding hydrogens is 334 g/mol. The summed E-state index contributed by atoms with van der Waals surface area (Å²) in [5.41, 5.74) is 1.02. The molecule has 5 nitrogen and oxygen atoms in total. The van der Waals surface area contributed by atoms with Crippen LogP contribution in [-0.4, -0.2) is 29.1 Å². The van der Waals surface area contributed by atoms with Gasteiger partial charge in [-0.3, -0.25) is 9.79 Å². The average molecular weight is 354 g/mol. The zero-order valence-electron chi connectivity index (χ0n) is 12.5. The Balaban J connectivity index is 1.78. The van der Waals surface area contributed by atoms with E-state index in [0.29, 0.717) is 28.8 Å². The van der Waals surface area contributed by atoms with Crippen molar-refractivity contribution in [3.05, 3.63) is 32.5 Å². The molecule has 0 saturated heterocycles. The predicted molar refractivity (Wildman–Crippen MR) is 87.1 cm³/mol. The fraction of sp³-hybridized carbons (Fsp3) is 0.533. The van der Waals surface area contributed by atoms with Gasteiger partial charge in [-0.25, -0.2) is 4.68 Å². The van der Waals surface area contributed by atoms with Crippen LogP contribution in [0.25, 0.3) is 0 Å². The number of aliphatic imine (C=N–C) groups is 1. The van der Waals surface area contributed by atoms with E-state index >= 15 is 0 Å². The van der Waals surface area contributed by atoms with Crippen LogP contribution in [0.3, 0.4) is 0 Å². The number of hydrogen-bond acceptors (Lipinski definition) is 4. The van der Waals surface area contributed by atoms with Gasteiger partial charge in [-0.15, -0.1) is 5.10 Å². The molecule has 1 aromatic rings. The van der Waals surface area contributed by atoms with Crippen molar-refractivity contribution in [1.29, 1.82) is 0 Å². The zero-order valence-corrected chi connectivity index (χ0v) is 14.1. The van der Waals surface area contributed by atoms with Gasteiger partial charge < -0.3 is 4.74 Å². The lowest BCUT2D eigenvalue weighted by molar-refractivity contribution is 0.273. The van der Waals surface area contributed by atoms with E-state index in [1.165, 1.54) is 10.3 Å². The molecule has 2 unspecified atom stereocenters. The number of aromatic nitrogens is 2. The van der Waals surface area contributed by atoms with Crippen molar-refractivity contribution in [2.75, 3.05) is 13.2 Å². The summed E-state index contributed by atoms with van der Waals surface area (Å²) in [4.78, 5) is 15.9. The van der Waals surface area contributed by atoms with Gasteiger partial charge in [0.2, 0.25) is 5.88 Å². The van der Waals surface area contributed by atoms with E-state index in [0.717, 1.165) is 13.0 Å².